The highest BCUT2D eigenvalue weighted by Gasteiger charge is 2.31. The van der Waals surface area contributed by atoms with Gasteiger partial charge in [-0.2, -0.15) is 0 Å². The van der Waals surface area contributed by atoms with Crippen molar-refractivity contribution in [3.05, 3.63) is 35.1 Å². The lowest BCUT2D eigenvalue weighted by molar-refractivity contribution is 0.451. The highest BCUT2D eigenvalue weighted by Crippen LogP contribution is 2.37. The minimum atomic E-state index is -0.124. The molecule has 1 aliphatic heterocycles. The predicted molar refractivity (Wildman–Crippen MR) is 63.6 cm³/mol. The Kier molecular flexibility index (Phi) is 2.77. The lowest BCUT2D eigenvalue weighted by Crippen LogP contribution is -2.35. The fourth-order valence-corrected chi connectivity index (χ4v) is 3.15. The Morgan fingerprint density at radius 3 is 2.73 bits per heavy atom. The fourth-order valence-electron chi connectivity index (χ4n) is 1.74. The minimum Gasteiger partial charge on any atom is -0.296 e. The molecular weight excluding hydrogens is 209 g/mol. The van der Waals surface area contributed by atoms with Gasteiger partial charge in [0.05, 0.1) is 5.37 Å². The van der Waals surface area contributed by atoms with E-state index in [-0.39, 0.29) is 11.4 Å². The maximum Gasteiger partial charge on any atom is 0.126 e. The molecule has 0 radical (unpaired) electrons. The van der Waals surface area contributed by atoms with E-state index in [1.54, 1.807) is 6.07 Å². The molecule has 1 aromatic rings. The number of hydrogen-bond donors (Lipinski definition) is 1. The zero-order valence-corrected chi connectivity index (χ0v) is 10.1. The van der Waals surface area contributed by atoms with Crippen molar-refractivity contribution in [2.75, 3.05) is 5.75 Å². The van der Waals surface area contributed by atoms with E-state index in [0.717, 1.165) is 11.3 Å². The molecule has 1 unspecified atom stereocenters. The normalized spacial score (nSPS) is 24.4. The summed E-state index contributed by atoms with van der Waals surface area (Å²) in [6.07, 6.45) is 0. The molecule has 15 heavy (non-hydrogen) atoms. The Morgan fingerprint density at radius 1 is 1.47 bits per heavy atom. The molecule has 1 heterocycles. The maximum absolute atomic E-state index is 13.1. The molecule has 1 aromatic carbocycles. The van der Waals surface area contributed by atoms with Gasteiger partial charge in [0.25, 0.3) is 0 Å². The first-order valence-corrected chi connectivity index (χ1v) is 6.18. The molecular formula is C12H16FNS. The molecule has 0 bridgehead atoms. The van der Waals surface area contributed by atoms with Gasteiger partial charge in [-0.15, -0.1) is 11.8 Å². The third-order valence-corrected chi connectivity index (χ3v) is 4.23. The largest absolute Gasteiger partial charge is 0.296 e. The van der Waals surface area contributed by atoms with E-state index in [1.165, 1.54) is 5.56 Å². The van der Waals surface area contributed by atoms with Crippen molar-refractivity contribution in [1.29, 1.82) is 0 Å². The van der Waals surface area contributed by atoms with E-state index < -0.39 is 0 Å². The molecule has 0 aromatic heterocycles. The standard InChI is InChI=1S/C12H16FNS/c1-8-6-9(4-5-10(8)13)11-14-12(2,3)7-15-11/h4-6,11,14H,7H2,1-3H3. The molecule has 2 rings (SSSR count). The van der Waals surface area contributed by atoms with Gasteiger partial charge in [-0.1, -0.05) is 12.1 Å². The van der Waals surface area contributed by atoms with Crippen molar-refractivity contribution < 1.29 is 4.39 Å². The molecule has 1 atom stereocenters. The van der Waals surface area contributed by atoms with Crippen LogP contribution in [0, 0.1) is 12.7 Å². The van der Waals surface area contributed by atoms with Gasteiger partial charge in [0, 0.05) is 11.3 Å². The van der Waals surface area contributed by atoms with Gasteiger partial charge in [-0.25, -0.2) is 4.39 Å². The fraction of sp³-hybridized carbons (Fsp3) is 0.500. The minimum absolute atomic E-state index is 0.124. The van der Waals surface area contributed by atoms with E-state index in [2.05, 4.69) is 19.2 Å². The van der Waals surface area contributed by atoms with E-state index in [4.69, 9.17) is 0 Å². The van der Waals surface area contributed by atoms with Gasteiger partial charge in [0.1, 0.15) is 5.82 Å². The van der Waals surface area contributed by atoms with Crippen molar-refractivity contribution >= 4 is 11.8 Å². The number of nitrogens with one attached hydrogen (secondary N) is 1. The van der Waals surface area contributed by atoms with E-state index in [0.29, 0.717) is 5.37 Å². The van der Waals surface area contributed by atoms with Gasteiger partial charge < -0.3 is 0 Å². The predicted octanol–water partition coefficient (Wildman–Crippen LogP) is 3.25. The first-order chi connectivity index (χ1) is 6.98. The third kappa shape index (κ3) is 2.34. The Morgan fingerprint density at radius 2 is 2.20 bits per heavy atom. The Bertz CT molecular complexity index is 376. The average molecular weight is 225 g/mol. The molecule has 1 nitrogen and oxygen atoms in total. The molecule has 0 saturated carbocycles. The van der Waals surface area contributed by atoms with Crippen molar-refractivity contribution in [3.8, 4) is 0 Å². The second-order valence-electron chi connectivity index (χ2n) is 4.73. The molecule has 3 heteroatoms. The molecule has 1 saturated heterocycles. The van der Waals surface area contributed by atoms with Crippen LogP contribution in [0.2, 0.25) is 0 Å². The summed E-state index contributed by atoms with van der Waals surface area (Å²) in [6.45, 7) is 6.19. The summed E-state index contributed by atoms with van der Waals surface area (Å²) < 4.78 is 13.1. The molecule has 0 amide bonds. The van der Waals surface area contributed by atoms with Gasteiger partial charge in [0.2, 0.25) is 0 Å². The van der Waals surface area contributed by atoms with Crippen LogP contribution >= 0.6 is 11.8 Å². The summed E-state index contributed by atoms with van der Waals surface area (Å²) in [5.41, 5.74) is 2.07. The number of halogens is 1. The molecule has 0 aliphatic carbocycles. The van der Waals surface area contributed by atoms with E-state index in [1.807, 2.05) is 30.8 Å². The molecule has 82 valence electrons. The number of benzene rings is 1. The van der Waals surface area contributed by atoms with Gasteiger partial charge in [0.15, 0.2) is 0 Å². The first-order valence-electron chi connectivity index (χ1n) is 5.13. The Hall–Kier alpha value is -0.540. The highest BCUT2D eigenvalue weighted by atomic mass is 32.2. The molecule has 1 fully saturated rings. The summed E-state index contributed by atoms with van der Waals surface area (Å²) in [6, 6.07) is 5.36. The van der Waals surface area contributed by atoms with Crippen molar-refractivity contribution in [1.82, 2.24) is 5.32 Å². The lowest BCUT2D eigenvalue weighted by atomic mass is 10.1. The second kappa shape index (κ2) is 3.80. The van der Waals surface area contributed by atoms with Crippen LogP contribution in [0.1, 0.15) is 30.3 Å². The van der Waals surface area contributed by atoms with Gasteiger partial charge in [-0.05, 0) is 38.0 Å². The molecule has 0 spiro atoms. The van der Waals surface area contributed by atoms with Crippen LogP contribution in [0.5, 0.6) is 0 Å². The first kappa shape index (κ1) is 11.0. The Labute approximate surface area is 94.5 Å². The smallest absolute Gasteiger partial charge is 0.126 e. The van der Waals surface area contributed by atoms with Crippen LogP contribution in [0.3, 0.4) is 0 Å². The van der Waals surface area contributed by atoms with Crippen molar-refractivity contribution in [2.45, 2.75) is 31.7 Å². The summed E-state index contributed by atoms with van der Waals surface area (Å²) in [7, 11) is 0. The van der Waals surface area contributed by atoms with E-state index >= 15 is 0 Å². The zero-order valence-electron chi connectivity index (χ0n) is 9.30. The van der Waals surface area contributed by atoms with Crippen molar-refractivity contribution in [3.63, 3.8) is 0 Å². The summed E-state index contributed by atoms with van der Waals surface area (Å²) in [5.74, 6) is 0.967. The number of hydrogen-bond acceptors (Lipinski definition) is 2. The average Bonchev–Trinajstić information content (AvgIpc) is 2.51. The van der Waals surface area contributed by atoms with Crippen LogP contribution in [0.25, 0.3) is 0 Å². The SMILES string of the molecule is Cc1cc(C2NC(C)(C)CS2)ccc1F. The van der Waals surface area contributed by atoms with E-state index in [9.17, 15) is 4.39 Å². The van der Waals surface area contributed by atoms with Gasteiger partial charge in [-0.3, -0.25) is 5.32 Å². The topological polar surface area (TPSA) is 12.0 Å². The molecule has 1 aliphatic rings. The monoisotopic (exact) mass is 225 g/mol. The summed E-state index contributed by atoms with van der Waals surface area (Å²) in [5, 5.41) is 3.84. The third-order valence-electron chi connectivity index (χ3n) is 2.62. The maximum atomic E-state index is 13.1. The van der Waals surface area contributed by atoms with Crippen molar-refractivity contribution in [2.24, 2.45) is 0 Å². The van der Waals surface area contributed by atoms with Crippen LogP contribution in [0.15, 0.2) is 18.2 Å². The number of aryl methyl sites for hydroxylation is 1. The Balaban J connectivity index is 2.21. The highest BCUT2D eigenvalue weighted by molar-refractivity contribution is 7.99. The molecule has 1 N–H and O–H groups in total. The van der Waals surface area contributed by atoms with Crippen LogP contribution in [0.4, 0.5) is 4.39 Å². The van der Waals surface area contributed by atoms with Crippen LogP contribution in [-0.2, 0) is 0 Å². The summed E-state index contributed by atoms with van der Waals surface area (Å²) >= 11 is 1.88. The van der Waals surface area contributed by atoms with Crippen LogP contribution < -0.4 is 5.32 Å². The second-order valence-corrected chi connectivity index (χ2v) is 5.82. The van der Waals surface area contributed by atoms with Crippen LogP contribution in [-0.4, -0.2) is 11.3 Å². The quantitative estimate of drug-likeness (QED) is 0.787. The zero-order chi connectivity index (χ0) is 11.1. The number of rotatable bonds is 1. The number of thioether (sulfide) groups is 1. The summed E-state index contributed by atoms with van der Waals surface area (Å²) in [4.78, 5) is 0. The lowest BCUT2D eigenvalue weighted by Gasteiger charge is -2.19. The van der Waals surface area contributed by atoms with Gasteiger partial charge >= 0.3 is 0 Å².